The number of para-hydroxylation sites is 5. The van der Waals surface area contributed by atoms with Gasteiger partial charge in [-0.05, 0) is 76.1 Å². The second kappa shape index (κ2) is 13.2. The highest BCUT2D eigenvalue weighted by Crippen LogP contribution is 2.44. The van der Waals surface area contributed by atoms with Gasteiger partial charge in [-0.1, -0.05) is 140 Å². The van der Waals surface area contributed by atoms with Crippen LogP contribution in [0.15, 0.2) is 209 Å². The van der Waals surface area contributed by atoms with E-state index in [9.17, 15) is 0 Å². The summed E-state index contributed by atoms with van der Waals surface area (Å²) >= 11 is 0. The molecule has 15 aromatic rings. The predicted octanol–water partition coefficient (Wildman–Crippen LogP) is 15.5. The molecule has 0 spiro atoms. The van der Waals surface area contributed by atoms with Gasteiger partial charge >= 0.3 is 0 Å². The van der Waals surface area contributed by atoms with Crippen molar-refractivity contribution >= 4 is 109 Å². The average molecular weight is 844 g/mol. The molecule has 7 heteroatoms. The van der Waals surface area contributed by atoms with Crippen LogP contribution in [0.25, 0.3) is 143 Å². The fourth-order valence-corrected chi connectivity index (χ4v) is 10.7. The third-order valence-corrected chi connectivity index (χ3v) is 13.5. The van der Waals surface area contributed by atoms with Crippen molar-refractivity contribution < 1.29 is 8.83 Å². The maximum Gasteiger partial charge on any atom is 0.238 e. The maximum atomic E-state index is 6.84. The van der Waals surface area contributed by atoms with Gasteiger partial charge in [0.2, 0.25) is 5.95 Å². The Hall–Kier alpha value is -9.07. The van der Waals surface area contributed by atoms with Crippen molar-refractivity contribution in [1.82, 2.24) is 24.1 Å². The summed E-state index contributed by atoms with van der Waals surface area (Å²) in [5, 5.41) is 13.3. The summed E-state index contributed by atoms with van der Waals surface area (Å²) in [6.07, 6.45) is 0. The molecule has 306 valence electrons. The monoisotopic (exact) mass is 843 g/mol. The highest BCUT2D eigenvalue weighted by molar-refractivity contribution is 6.24. The van der Waals surface area contributed by atoms with Crippen LogP contribution in [0.2, 0.25) is 0 Å². The lowest BCUT2D eigenvalue weighted by molar-refractivity contribution is 0.668. The molecule has 66 heavy (non-hydrogen) atoms. The third-order valence-electron chi connectivity index (χ3n) is 13.5. The second-order valence-electron chi connectivity index (χ2n) is 17.1. The fourth-order valence-electron chi connectivity index (χ4n) is 10.7. The summed E-state index contributed by atoms with van der Waals surface area (Å²) < 4.78 is 18.0. The normalized spacial score (nSPS) is 12.2. The van der Waals surface area contributed by atoms with Gasteiger partial charge in [-0.2, -0.15) is 9.97 Å². The summed E-state index contributed by atoms with van der Waals surface area (Å²) in [5.74, 6) is 1.52. The van der Waals surface area contributed by atoms with Crippen molar-refractivity contribution in [2.75, 3.05) is 0 Å². The molecule has 0 aliphatic rings. The van der Waals surface area contributed by atoms with Crippen LogP contribution in [0.5, 0.6) is 0 Å². The SMILES string of the molecule is c1ccc2cc3c(cc2c1)c1c2ccccc2ccc1n3-c1cc(-c2nc(-c3cccc4c3oc3ccccc34)nc(-n3c4ccccc4c4ccccc43)n2)c2c(c1)oc1ccccc12. The van der Waals surface area contributed by atoms with Crippen LogP contribution >= 0.6 is 0 Å². The highest BCUT2D eigenvalue weighted by atomic mass is 16.3. The molecule has 0 saturated carbocycles. The van der Waals surface area contributed by atoms with Gasteiger partial charge in [-0.15, -0.1) is 0 Å². The lowest BCUT2D eigenvalue weighted by Gasteiger charge is -2.14. The van der Waals surface area contributed by atoms with Crippen molar-refractivity contribution in [3.8, 4) is 34.4 Å². The Morgan fingerprint density at radius 3 is 1.70 bits per heavy atom. The Bertz CT molecular complexity index is 4500. The third kappa shape index (κ3) is 4.93. The van der Waals surface area contributed by atoms with Crippen molar-refractivity contribution in [2.24, 2.45) is 0 Å². The molecule has 10 aromatic carbocycles. The van der Waals surface area contributed by atoms with E-state index in [4.69, 9.17) is 23.8 Å². The fraction of sp³-hybridized carbons (Fsp3) is 0. The van der Waals surface area contributed by atoms with Gasteiger partial charge in [0.25, 0.3) is 0 Å². The Kier molecular flexibility index (Phi) is 7.10. The van der Waals surface area contributed by atoms with E-state index in [1.54, 1.807) is 0 Å². The molecular formula is C59H33N5O2. The number of nitrogens with zero attached hydrogens (tertiary/aromatic N) is 5. The molecule has 0 fully saturated rings. The molecule has 7 nitrogen and oxygen atoms in total. The van der Waals surface area contributed by atoms with Gasteiger partial charge in [-0.3, -0.25) is 4.57 Å². The zero-order valence-electron chi connectivity index (χ0n) is 35.1. The van der Waals surface area contributed by atoms with Crippen LogP contribution in [-0.4, -0.2) is 24.1 Å². The molecule has 0 atom stereocenters. The molecule has 0 amide bonds. The van der Waals surface area contributed by atoms with E-state index >= 15 is 0 Å². The molecule has 5 aromatic heterocycles. The molecule has 5 heterocycles. The van der Waals surface area contributed by atoms with Gasteiger partial charge in [0.05, 0.1) is 33.3 Å². The van der Waals surface area contributed by atoms with Crippen LogP contribution in [0, 0.1) is 0 Å². The molecule has 0 radical (unpaired) electrons. The molecule has 0 aliphatic heterocycles. The Morgan fingerprint density at radius 2 is 0.924 bits per heavy atom. The van der Waals surface area contributed by atoms with Crippen LogP contribution in [0.3, 0.4) is 0 Å². The lowest BCUT2D eigenvalue weighted by atomic mass is 10.0. The molecule has 0 N–H and O–H groups in total. The lowest BCUT2D eigenvalue weighted by Crippen LogP contribution is -2.07. The van der Waals surface area contributed by atoms with Crippen molar-refractivity contribution in [3.05, 3.63) is 200 Å². The van der Waals surface area contributed by atoms with Crippen LogP contribution in [0.1, 0.15) is 0 Å². The Morgan fingerprint density at radius 1 is 0.318 bits per heavy atom. The first kappa shape index (κ1) is 35.4. The molecular weight excluding hydrogens is 811 g/mol. The zero-order chi connectivity index (χ0) is 43.0. The number of aromatic nitrogens is 5. The molecule has 0 saturated heterocycles. The summed E-state index contributed by atoms with van der Waals surface area (Å²) in [6.45, 7) is 0. The topological polar surface area (TPSA) is 74.8 Å². The second-order valence-corrected chi connectivity index (χ2v) is 17.1. The van der Waals surface area contributed by atoms with Crippen LogP contribution in [-0.2, 0) is 0 Å². The number of benzene rings is 10. The van der Waals surface area contributed by atoms with E-state index in [0.29, 0.717) is 17.6 Å². The molecule has 0 bridgehead atoms. The first-order chi connectivity index (χ1) is 32.7. The number of hydrogen-bond acceptors (Lipinski definition) is 5. The van der Waals surface area contributed by atoms with Gasteiger partial charge < -0.3 is 13.4 Å². The Balaban J connectivity index is 1.09. The minimum absolute atomic E-state index is 0.502. The van der Waals surface area contributed by atoms with E-state index in [0.717, 1.165) is 93.5 Å². The smallest absolute Gasteiger partial charge is 0.238 e. The minimum atomic E-state index is 0.502. The largest absolute Gasteiger partial charge is 0.456 e. The molecule has 0 aliphatic carbocycles. The standard InChI is InChI=1S/C59H33N5O2/c1-2-16-36-31-50-45(30-35(36)15-1)54-38-17-4-3-14-34(38)28-29-49(54)63(50)37-32-46(55-43-21-8-12-27-52(43)65-53(55)33-37)58-60-57(44-23-13-22-42-41-20-7-11-26-51(41)66-56(42)44)61-59(62-58)64-47-24-9-5-18-39(47)40-19-6-10-25-48(40)64/h1-33H. The van der Waals surface area contributed by atoms with Crippen molar-refractivity contribution in [3.63, 3.8) is 0 Å². The quantitative estimate of drug-likeness (QED) is 0.176. The van der Waals surface area contributed by atoms with E-state index in [2.05, 4.69) is 173 Å². The van der Waals surface area contributed by atoms with Gasteiger partial charge in [0.15, 0.2) is 11.6 Å². The minimum Gasteiger partial charge on any atom is -0.456 e. The van der Waals surface area contributed by atoms with Gasteiger partial charge in [0, 0.05) is 54.7 Å². The summed E-state index contributed by atoms with van der Waals surface area (Å²) in [5.41, 5.74) is 9.79. The van der Waals surface area contributed by atoms with Crippen molar-refractivity contribution in [2.45, 2.75) is 0 Å². The zero-order valence-corrected chi connectivity index (χ0v) is 35.1. The van der Waals surface area contributed by atoms with Crippen molar-refractivity contribution in [1.29, 1.82) is 0 Å². The molecule has 0 unspecified atom stereocenters. The van der Waals surface area contributed by atoms with E-state index in [1.165, 1.54) is 32.3 Å². The Labute approximate surface area is 375 Å². The predicted molar refractivity (Wildman–Crippen MR) is 269 cm³/mol. The number of hydrogen-bond donors (Lipinski definition) is 0. The highest BCUT2D eigenvalue weighted by Gasteiger charge is 2.25. The van der Waals surface area contributed by atoms with Gasteiger partial charge in [0.1, 0.15) is 22.3 Å². The van der Waals surface area contributed by atoms with Crippen LogP contribution in [0.4, 0.5) is 0 Å². The van der Waals surface area contributed by atoms with E-state index in [1.807, 2.05) is 36.4 Å². The average Bonchev–Trinajstić information content (AvgIpc) is 4.13. The summed E-state index contributed by atoms with van der Waals surface area (Å²) in [6, 6.07) is 70.3. The number of rotatable bonds is 4. The summed E-state index contributed by atoms with van der Waals surface area (Å²) in [7, 11) is 0. The number of furan rings is 2. The maximum absolute atomic E-state index is 6.84. The number of fused-ring (bicyclic) bond motifs is 15. The first-order valence-corrected chi connectivity index (χ1v) is 22.2. The summed E-state index contributed by atoms with van der Waals surface area (Å²) in [4.78, 5) is 16.4. The first-order valence-electron chi connectivity index (χ1n) is 22.2. The van der Waals surface area contributed by atoms with Gasteiger partial charge in [-0.25, -0.2) is 4.98 Å². The van der Waals surface area contributed by atoms with E-state index in [-0.39, 0.29) is 0 Å². The van der Waals surface area contributed by atoms with Crippen LogP contribution < -0.4 is 0 Å². The molecule has 15 rings (SSSR count). The van der Waals surface area contributed by atoms with E-state index < -0.39 is 0 Å².